The number of quaternary nitrogens is 1. The van der Waals surface area contributed by atoms with Crippen molar-refractivity contribution in [2.45, 2.75) is 149 Å². The quantitative estimate of drug-likeness (QED) is 0.143. The van der Waals surface area contributed by atoms with Gasteiger partial charge in [0.05, 0.1) is 26.2 Å². The molecule has 0 aromatic rings. The first kappa shape index (κ1) is 26.0. The van der Waals surface area contributed by atoms with Crippen molar-refractivity contribution in [3.05, 3.63) is 0 Å². The van der Waals surface area contributed by atoms with Crippen molar-refractivity contribution in [2.75, 3.05) is 20.1 Å². The summed E-state index contributed by atoms with van der Waals surface area (Å²) in [5, 5.41) is 0. The molecule has 1 nitrogen and oxygen atoms in total. The van der Waals surface area contributed by atoms with Crippen LogP contribution in [0.5, 0.6) is 0 Å². The maximum atomic E-state index is 2.64. The standard InChI is InChI=1S/C27H56N/c1-5-8-11-14-17-20-25-28(4,24-19-16-13-10-7-3)27-23-22-26(27)21-18-15-12-9-6-2/h26-27H,5-25H2,1-4H3/q+1. The van der Waals surface area contributed by atoms with E-state index in [9.17, 15) is 0 Å². The molecule has 1 rings (SSSR count). The summed E-state index contributed by atoms with van der Waals surface area (Å²) in [6.07, 6.45) is 27.7. The van der Waals surface area contributed by atoms with Crippen LogP contribution in [0.15, 0.2) is 0 Å². The molecule has 1 fully saturated rings. The normalized spacial score (nSPS) is 21.4. The van der Waals surface area contributed by atoms with Gasteiger partial charge in [-0.2, -0.15) is 0 Å². The van der Waals surface area contributed by atoms with Crippen LogP contribution in [0.1, 0.15) is 143 Å². The molecule has 1 heteroatoms. The molecule has 1 aliphatic carbocycles. The van der Waals surface area contributed by atoms with E-state index in [0.717, 1.165) is 12.0 Å². The minimum Gasteiger partial charge on any atom is -0.323 e. The molecule has 3 atom stereocenters. The first-order valence-corrected chi connectivity index (χ1v) is 13.5. The maximum absolute atomic E-state index is 2.64. The second kappa shape index (κ2) is 16.7. The van der Waals surface area contributed by atoms with Gasteiger partial charge in [0.2, 0.25) is 0 Å². The molecular formula is C27H56N+. The highest BCUT2D eigenvalue weighted by atomic mass is 15.4. The predicted molar refractivity (Wildman–Crippen MR) is 128 cm³/mol. The molecule has 0 saturated heterocycles. The van der Waals surface area contributed by atoms with E-state index in [-0.39, 0.29) is 0 Å². The molecule has 0 aromatic heterocycles. The Morgan fingerprint density at radius 1 is 0.536 bits per heavy atom. The van der Waals surface area contributed by atoms with Gasteiger partial charge in [0.1, 0.15) is 0 Å². The molecule has 28 heavy (non-hydrogen) atoms. The zero-order valence-electron chi connectivity index (χ0n) is 20.5. The molecular weight excluding hydrogens is 338 g/mol. The Morgan fingerprint density at radius 3 is 1.39 bits per heavy atom. The van der Waals surface area contributed by atoms with Crippen molar-refractivity contribution in [3.63, 3.8) is 0 Å². The van der Waals surface area contributed by atoms with E-state index in [2.05, 4.69) is 27.8 Å². The van der Waals surface area contributed by atoms with Crippen molar-refractivity contribution in [1.29, 1.82) is 0 Å². The lowest BCUT2D eigenvalue weighted by atomic mass is 9.74. The molecule has 0 radical (unpaired) electrons. The Morgan fingerprint density at radius 2 is 0.964 bits per heavy atom. The zero-order chi connectivity index (χ0) is 20.5. The molecule has 1 aliphatic rings. The van der Waals surface area contributed by atoms with Crippen molar-refractivity contribution >= 4 is 0 Å². The number of unbranched alkanes of at least 4 members (excludes halogenated alkanes) is 13. The second-order valence-corrected chi connectivity index (χ2v) is 10.2. The fourth-order valence-electron chi connectivity index (χ4n) is 5.49. The first-order valence-electron chi connectivity index (χ1n) is 13.5. The number of hydrogen-bond donors (Lipinski definition) is 0. The Balaban J connectivity index is 2.41. The van der Waals surface area contributed by atoms with Crippen LogP contribution in [0.2, 0.25) is 0 Å². The van der Waals surface area contributed by atoms with Crippen molar-refractivity contribution < 1.29 is 4.48 Å². The summed E-state index contributed by atoms with van der Waals surface area (Å²) in [5.74, 6) is 1.04. The van der Waals surface area contributed by atoms with Gasteiger partial charge in [0.15, 0.2) is 0 Å². The SMILES string of the molecule is CCCCCCCC[N+](C)(CCCCCCC)C1CCC1CCCCCCC. The lowest BCUT2D eigenvalue weighted by molar-refractivity contribution is -0.943. The average molecular weight is 395 g/mol. The van der Waals surface area contributed by atoms with Gasteiger partial charge in [-0.15, -0.1) is 0 Å². The number of nitrogens with zero attached hydrogens (tertiary/aromatic N) is 1. The summed E-state index contributed by atoms with van der Waals surface area (Å²) in [6, 6.07) is 0.994. The molecule has 0 aromatic carbocycles. The van der Waals surface area contributed by atoms with Crippen LogP contribution in [0.3, 0.4) is 0 Å². The first-order chi connectivity index (χ1) is 13.7. The summed E-state index contributed by atoms with van der Waals surface area (Å²) in [7, 11) is 2.64. The van der Waals surface area contributed by atoms with Crippen LogP contribution in [-0.2, 0) is 0 Å². The zero-order valence-corrected chi connectivity index (χ0v) is 20.5. The van der Waals surface area contributed by atoms with Gasteiger partial charge in [-0.1, -0.05) is 97.8 Å². The van der Waals surface area contributed by atoms with E-state index in [4.69, 9.17) is 0 Å². The van der Waals surface area contributed by atoms with E-state index < -0.39 is 0 Å². The fraction of sp³-hybridized carbons (Fsp3) is 1.00. The molecule has 3 unspecified atom stereocenters. The summed E-state index contributed by atoms with van der Waals surface area (Å²) >= 11 is 0. The molecule has 0 bridgehead atoms. The minimum atomic E-state index is 0.994. The Bertz CT molecular complexity index is 339. The smallest absolute Gasteiger partial charge is 0.0916 e. The topological polar surface area (TPSA) is 0 Å². The molecule has 0 N–H and O–H groups in total. The van der Waals surface area contributed by atoms with Crippen LogP contribution in [0.25, 0.3) is 0 Å². The molecule has 0 spiro atoms. The summed E-state index contributed by atoms with van der Waals surface area (Å²) in [6.45, 7) is 9.89. The van der Waals surface area contributed by atoms with E-state index in [1.54, 1.807) is 0 Å². The van der Waals surface area contributed by atoms with Gasteiger partial charge in [-0.25, -0.2) is 0 Å². The largest absolute Gasteiger partial charge is 0.323 e. The third-order valence-electron chi connectivity index (χ3n) is 7.65. The average Bonchev–Trinajstić information content (AvgIpc) is 2.66. The molecule has 0 heterocycles. The third-order valence-corrected chi connectivity index (χ3v) is 7.65. The Labute approximate surface area is 179 Å². The van der Waals surface area contributed by atoms with Crippen molar-refractivity contribution in [1.82, 2.24) is 0 Å². The van der Waals surface area contributed by atoms with Gasteiger partial charge in [0, 0.05) is 12.3 Å². The van der Waals surface area contributed by atoms with Gasteiger partial charge in [-0.05, 0) is 38.5 Å². The van der Waals surface area contributed by atoms with Gasteiger partial charge >= 0.3 is 0 Å². The van der Waals surface area contributed by atoms with E-state index >= 15 is 0 Å². The van der Waals surface area contributed by atoms with Crippen molar-refractivity contribution in [2.24, 2.45) is 5.92 Å². The summed E-state index contributed by atoms with van der Waals surface area (Å²) in [5.41, 5.74) is 0. The van der Waals surface area contributed by atoms with Crippen LogP contribution in [-0.4, -0.2) is 30.7 Å². The fourth-order valence-corrected chi connectivity index (χ4v) is 5.49. The minimum absolute atomic E-state index is 0.994. The van der Waals surface area contributed by atoms with Crippen LogP contribution in [0.4, 0.5) is 0 Å². The lowest BCUT2D eigenvalue weighted by Gasteiger charge is -2.51. The monoisotopic (exact) mass is 394 g/mol. The van der Waals surface area contributed by atoms with E-state index in [0.29, 0.717) is 0 Å². The molecule has 1 saturated carbocycles. The van der Waals surface area contributed by atoms with E-state index in [1.807, 2.05) is 0 Å². The van der Waals surface area contributed by atoms with Gasteiger partial charge < -0.3 is 4.48 Å². The predicted octanol–water partition coefficient (Wildman–Crippen LogP) is 8.90. The maximum Gasteiger partial charge on any atom is 0.0916 e. The highest BCUT2D eigenvalue weighted by Gasteiger charge is 2.43. The molecule has 168 valence electrons. The van der Waals surface area contributed by atoms with Gasteiger partial charge in [0.25, 0.3) is 0 Å². The van der Waals surface area contributed by atoms with E-state index in [1.165, 1.54) is 140 Å². The highest BCUT2D eigenvalue weighted by Crippen LogP contribution is 2.40. The number of rotatable bonds is 20. The van der Waals surface area contributed by atoms with Crippen LogP contribution < -0.4 is 0 Å². The third kappa shape index (κ3) is 10.7. The van der Waals surface area contributed by atoms with Crippen LogP contribution in [0, 0.1) is 5.92 Å². The van der Waals surface area contributed by atoms with Gasteiger partial charge in [-0.3, -0.25) is 0 Å². The summed E-state index contributed by atoms with van der Waals surface area (Å²) in [4.78, 5) is 0. The molecule has 0 aliphatic heterocycles. The van der Waals surface area contributed by atoms with Crippen molar-refractivity contribution in [3.8, 4) is 0 Å². The second-order valence-electron chi connectivity index (χ2n) is 10.2. The lowest BCUT2D eigenvalue weighted by Crippen LogP contribution is -2.60. The molecule has 0 amide bonds. The summed E-state index contributed by atoms with van der Waals surface area (Å²) < 4.78 is 1.42. The Kier molecular flexibility index (Phi) is 15.5. The Hall–Kier alpha value is -0.0400. The van der Waals surface area contributed by atoms with Crippen LogP contribution >= 0.6 is 0 Å². The number of hydrogen-bond acceptors (Lipinski definition) is 0. The highest BCUT2D eigenvalue weighted by molar-refractivity contribution is 4.82.